The van der Waals surface area contributed by atoms with Crippen LogP contribution in [0.2, 0.25) is 0 Å². The molecule has 0 saturated heterocycles. The first-order chi connectivity index (χ1) is 10.7. The average molecular weight is 333 g/mol. The van der Waals surface area contributed by atoms with Crippen LogP contribution >= 0.6 is 23.1 Å². The van der Waals surface area contributed by atoms with Crippen molar-refractivity contribution in [3.8, 4) is 0 Å². The van der Waals surface area contributed by atoms with Crippen molar-refractivity contribution in [2.24, 2.45) is 0 Å². The number of hydrogen-bond donors (Lipinski definition) is 1. The maximum atomic E-state index is 12.1. The number of rotatable bonds is 5. The molecule has 0 aliphatic rings. The molecule has 0 aliphatic carbocycles. The molecule has 5 nitrogen and oxygen atoms in total. The van der Waals surface area contributed by atoms with Gasteiger partial charge >= 0.3 is 0 Å². The second-order valence-corrected chi connectivity index (χ2v) is 7.28. The largest absolute Gasteiger partial charge is 0.464 e. The monoisotopic (exact) mass is 333 g/mol. The molecule has 1 aromatic carbocycles. The van der Waals surface area contributed by atoms with Crippen molar-refractivity contribution in [1.82, 2.24) is 10.2 Å². The number of benzene rings is 1. The van der Waals surface area contributed by atoms with E-state index < -0.39 is 0 Å². The van der Waals surface area contributed by atoms with E-state index in [9.17, 15) is 4.79 Å². The molecule has 7 heteroatoms. The number of amides is 1. The van der Waals surface area contributed by atoms with Crippen molar-refractivity contribution in [2.45, 2.75) is 24.6 Å². The lowest BCUT2D eigenvalue weighted by atomic mass is 10.1. The topological polar surface area (TPSA) is 68.0 Å². The Morgan fingerprint density at radius 3 is 3.09 bits per heavy atom. The molecule has 0 spiro atoms. The Labute approximate surface area is 136 Å². The molecule has 2 heterocycles. The summed E-state index contributed by atoms with van der Waals surface area (Å²) in [4.78, 5) is 12.1. The van der Waals surface area contributed by atoms with Crippen LogP contribution in [0.3, 0.4) is 0 Å². The summed E-state index contributed by atoms with van der Waals surface area (Å²) in [5.74, 6) is 0.815. The fourth-order valence-electron chi connectivity index (χ4n) is 2.11. The molecular weight excluding hydrogens is 318 g/mol. The molecule has 22 heavy (non-hydrogen) atoms. The average Bonchev–Trinajstić information content (AvgIpc) is 3.07. The van der Waals surface area contributed by atoms with E-state index >= 15 is 0 Å². The Bertz CT molecular complexity index is 810. The Kier molecular flexibility index (Phi) is 4.44. The number of nitrogens with one attached hydrogen (secondary N) is 1. The van der Waals surface area contributed by atoms with Crippen LogP contribution in [-0.2, 0) is 11.2 Å². The second kappa shape index (κ2) is 6.50. The molecule has 0 saturated carbocycles. The third-order valence-electron chi connectivity index (χ3n) is 3.08. The molecule has 0 fully saturated rings. The van der Waals surface area contributed by atoms with E-state index in [4.69, 9.17) is 4.42 Å². The molecule has 0 aliphatic heterocycles. The molecule has 1 N–H and O–H groups in total. The van der Waals surface area contributed by atoms with Crippen LogP contribution in [-0.4, -0.2) is 21.9 Å². The highest BCUT2D eigenvalue weighted by molar-refractivity contribution is 8.01. The third kappa shape index (κ3) is 3.31. The minimum absolute atomic E-state index is 0.118. The molecule has 0 atom stereocenters. The van der Waals surface area contributed by atoms with Gasteiger partial charge in [-0.2, -0.15) is 0 Å². The summed E-state index contributed by atoms with van der Waals surface area (Å²) in [5, 5.41) is 12.3. The summed E-state index contributed by atoms with van der Waals surface area (Å²) >= 11 is 3.00. The van der Waals surface area contributed by atoms with Crippen molar-refractivity contribution in [2.75, 3.05) is 11.1 Å². The molecule has 2 aromatic heterocycles. The maximum Gasteiger partial charge on any atom is 0.230 e. The van der Waals surface area contributed by atoms with Gasteiger partial charge in [-0.05, 0) is 24.3 Å². The van der Waals surface area contributed by atoms with E-state index in [0.717, 1.165) is 32.2 Å². The Morgan fingerprint density at radius 2 is 2.27 bits per heavy atom. The van der Waals surface area contributed by atoms with Crippen LogP contribution in [0.4, 0.5) is 5.13 Å². The van der Waals surface area contributed by atoms with Crippen LogP contribution in [0.5, 0.6) is 0 Å². The third-order valence-corrected chi connectivity index (χ3v) is 4.94. The number of fused-ring (bicyclic) bond motifs is 1. The van der Waals surface area contributed by atoms with Gasteiger partial charge in [-0.1, -0.05) is 42.2 Å². The number of thioether (sulfide) groups is 1. The van der Waals surface area contributed by atoms with Gasteiger partial charge in [-0.15, -0.1) is 10.2 Å². The minimum Gasteiger partial charge on any atom is -0.464 e. The van der Waals surface area contributed by atoms with Gasteiger partial charge in [0.15, 0.2) is 4.34 Å². The number of carbonyl (C=O) groups excluding carboxylic acids is 1. The van der Waals surface area contributed by atoms with Gasteiger partial charge in [0.1, 0.15) is 5.58 Å². The predicted octanol–water partition coefficient (Wildman–Crippen LogP) is 3.89. The quantitative estimate of drug-likeness (QED) is 0.567. The van der Waals surface area contributed by atoms with Crippen molar-refractivity contribution in [3.63, 3.8) is 0 Å². The van der Waals surface area contributed by atoms with Crippen LogP contribution in [0.1, 0.15) is 18.1 Å². The van der Waals surface area contributed by atoms with E-state index in [1.807, 2.05) is 25.1 Å². The van der Waals surface area contributed by atoms with Crippen molar-refractivity contribution >= 4 is 45.1 Å². The van der Waals surface area contributed by atoms with Gasteiger partial charge < -0.3 is 9.73 Å². The SMILES string of the molecule is CCSc1nnc(NC(=O)Cc2coc3cc(C)ccc23)s1. The van der Waals surface area contributed by atoms with E-state index in [1.165, 1.54) is 11.3 Å². The highest BCUT2D eigenvalue weighted by atomic mass is 32.2. The zero-order chi connectivity index (χ0) is 15.5. The molecule has 0 unspecified atom stereocenters. The summed E-state index contributed by atoms with van der Waals surface area (Å²) in [6.07, 6.45) is 1.90. The fraction of sp³-hybridized carbons (Fsp3) is 0.267. The van der Waals surface area contributed by atoms with Crippen LogP contribution in [0.25, 0.3) is 11.0 Å². The van der Waals surface area contributed by atoms with Gasteiger partial charge in [0.2, 0.25) is 11.0 Å². The molecule has 3 aromatic rings. The Balaban J connectivity index is 1.70. The van der Waals surface area contributed by atoms with Gasteiger partial charge in [-0.3, -0.25) is 4.79 Å². The van der Waals surface area contributed by atoms with E-state index in [2.05, 4.69) is 22.4 Å². The second-order valence-electron chi connectivity index (χ2n) is 4.79. The highest BCUT2D eigenvalue weighted by Gasteiger charge is 2.13. The zero-order valence-corrected chi connectivity index (χ0v) is 13.9. The lowest BCUT2D eigenvalue weighted by Crippen LogP contribution is -2.13. The number of aryl methyl sites for hydroxylation is 1. The molecular formula is C15H15N3O2S2. The van der Waals surface area contributed by atoms with E-state index in [0.29, 0.717) is 5.13 Å². The first kappa shape index (κ1) is 15.1. The summed E-state index contributed by atoms with van der Waals surface area (Å²) in [6.45, 7) is 4.06. The normalized spacial score (nSPS) is 11.0. The summed E-state index contributed by atoms with van der Waals surface area (Å²) in [7, 11) is 0. The number of anilines is 1. The number of carbonyl (C=O) groups is 1. The van der Waals surface area contributed by atoms with Crippen molar-refractivity contribution in [1.29, 1.82) is 0 Å². The van der Waals surface area contributed by atoms with Gasteiger partial charge in [-0.25, -0.2) is 0 Å². The van der Waals surface area contributed by atoms with Gasteiger partial charge in [0, 0.05) is 10.9 Å². The highest BCUT2D eigenvalue weighted by Crippen LogP contribution is 2.26. The van der Waals surface area contributed by atoms with Crippen LogP contribution in [0, 0.1) is 6.92 Å². The number of aromatic nitrogens is 2. The standard InChI is InChI=1S/C15H15N3O2S2/c1-3-21-15-18-17-14(22-15)16-13(19)7-10-8-20-12-6-9(2)4-5-11(10)12/h4-6,8H,3,7H2,1-2H3,(H,16,17,19). The van der Waals surface area contributed by atoms with E-state index in [1.54, 1.807) is 18.0 Å². The molecule has 0 bridgehead atoms. The first-order valence-electron chi connectivity index (χ1n) is 6.88. The fourth-order valence-corrected chi connectivity index (χ4v) is 3.77. The minimum atomic E-state index is -0.118. The number of furan rings is 1. The molecule has 1 amide bonds. The Morgan fingerprint density at radius 1 is 1.41 bits per heavy atom. The van der Waals surface area contributed by atoms with Gasteiger partial charge in [0.05, 0.1) is 12.7 Å². The molecule has 3 rings (SSSR count). The van der Waals surface area contributed by atoms with Crippen molar-refractivity contribution < 1.29 is 9.21 Å². The molecule has 0 radical (unpaired) electrons. The molecule has 114 valence electrons. The van der Waals surface area contributed by atoms with Crippen LogP contribution < -0.4 is 5.32 Å². The van der Waals surface area contributed by atoms with Crippen LogP contribution in [0.15, 0.2) is 33.2 Å². The van der Waals surface area contributed by atoms with Gasteiger partial charge in [0.25, 0.3) is 0 Å². The summed E-state index contributed by atoms with van der Waals surface area (Å²) < 4.78 is 6.37. The number of nitrogens with zero attached hydrogens (tertiary/aromatic N) is 2. The smallest absolute Gasteiger partial charge is 0.230 e. The predicted molar refractivity (Wildman–Crippen MR) is 89.6 cm³/mol. The summed E-state index contributed by atoms with van der Waals surface area (Å²) in [6, 6.07) is 5.96. The maximum absolute atomic E-state index is 12.1. The first-order valence-corrected chi connectivity index (χ1v) is 8.69. The van der Waals surface area contributed by atoms with Crippen molar-refractivity contribution in [3.05, 3.63) is 35.6 Å². The summed E-state index contributed by atoms with van der Waals surface area (Å²) in [5.41, 5.74) is 2.81. The number of hydrogen-bond acceptors (Lipinski definition) is 6. The van der Waals surface area contributed by atoms with E-state index in [-0.39, 0.29) is 12.3 Å². The lowest BCUT2D eigenvalue weighted by molar-refractivity contribution is -0.115. The zero-order valence-electron chi connectivity index (χ0n) is 12.3. The Hall–Kier alpha value is -1.86. The lowest BCUT2D eigenvalue weighted by Gasteiger charge is -1.99.